The second kappa shape index (κ2) is 33.2. The summed E-state index contributed by atoms with van der Waals surface area (Å²) in [5.74, 6) is 0. The number of allylic oxidation sites excluding steroid dienone is 4. The first-order valence-corrected chi connectivity index (χ1v) is 42.4. The van der Waals surface area contributed by atoms with E-state index >= 15 is 0 Å². The Labute approximate surface area is 713 Å². The van der Waals surface area contributed by atoms with Crippen LogP contribution in [0.3, 0.4) is 0 Å². The zero-order valence-electron chi connectivity index (χ0n) is 68.9. The van der Waals surface area contributed by atoms with Gasteiger partial charge in [0, 0.05) is 71.4 Å². The van der Waals surface area contributed by atoms with Gasteiger partial charge in [0.1, 0.15) is 0 Å². The summed E-state index contributed by atoms with van der Waals surface area (Å²) in [6, 6.07) is 157. The summed E-state index contributed by atoms with van der Waals surface area (Å²) in [5, 5.41) is 10.3. The number of nitrogens with zero attached hydrogens (tertiary/aromatic N) is 4. The second-order valence-electron chi connectivity index (χ2n) is 32.2. The van der Waals surface area contributed by atoms with Crippen LogP contribution in [0.15, 0.2) is 455 Å². The maximum atomic E-state index is 2.41. The summed E-state index contributed by atoms with van der Waals surface area (Å²) in [4.78, 5) is 0. The number of para-hydroxylation sites is 6. The van der Waals surface area contributed by atoms with Gasteiger partial charge in [-0.05, 0) is 228 Å². The topological polar surface area (TPSA) is 19.7 Å². The highest BCUT2D eigenvalue weighted by Crippen LogP contribution is 2.44. The fourth-order valence-corrected chi connectivity index (χ4v) is 17.9. The van der Waals surface area contributed by atoms with Gasteiger partial charge in [-0.25, -0.2) is 0 Å². The number of fused-ring (bicyclic) bond motifs is 12. The molecular weight excluding hydrogens is 1470 g/mol. The molecule has 4 nitrogen and oxygen atoms in total. The van der Waals surface area contributed by atoms with Crippen molar-refractivity contribution in [2.75, 3.05) is 0 Å². The maximum absolute atomic E-state index is 2.41. The van der Waals surface area contributed by atoms with E-state index < -0.39 is 0 Å². The van der Waals surface area contributed by atoms with Gasteiger partial charge in [0.15, 0.2) is 0 Å². The molecular formula is C118H90N4. The summed E-state index contributed by atoms with van der Waals surface area (Å²) in [7, 11) is 0. The average Bonchev–Trinajstić information content (AvgIpc) is 1.61. The van der Waals surface area contributed by atoms with Gasteiger partial charge >= 0.3 is 0 Å². The summed E-state index contributed by atoms with van der Waals surface area (Å²) < 4.78 is 9.54. The van der Waals surface area contributed by atoms with Crippen molar-refractivity contribution in [3.63, 3.8) is 0 Å². The molecule has 1 aliphatic carbocycles. The van der Waals surface area contributed by atoms with Gasteiger partial charge in [-0.3, -0.25) is 0 Å². The summed E-state index contributed by atoms with van der Waals surface area (Å²) in [6.07, 6.45) is 6.82. The fourth-order valence-electron chi connectivity index (χ4n) is 17.9. The lowest BCUT2D eigenvalue weighted by atomic mass is 9.94. The smallest absolute Gasteiger partial charge is 0.0619 e. The van der Waals surface area contributed by atoms with Crippen LogP contribution in [0.2, 0.25) is 0 Å². The highest BCUT2D eigenvalue weighted by molar-refractivity contribution is 6.16. The number of benzene rings is 18. The molecule has 122 heavy (non-hydrogen) atoms. The number of aryl methyl sites for hydroxylation is 3. The number of hydrogen-bond acceptors (Lipinski definition) is 0. The predicted octanol–water partition coefficient (Wildman–Crippen LogP) is 32.2. The molecule has 4 aromatic heterocycles. The zero-order chi connectivity index (χ0) is 82.0. The Morgan fingerprint density at radius 1 is 0.172 bits per heavy atom. The van der Waals surface area contributed by atoms with E-state index in [0.29, 0.717) is 0 Å². The van der Waals surface area contributed by atoms with E-state index in [1.807, 2.05) is 0 Å². The van der Waals surface area contributed by atoms with Gasteiger partial charge in [0.2, 0.25) is 0 Å². The lowest BCUT2D eigenvalue weighted by molar-refractivity contribution is 0.977. The van der Waals surface area contributed by atoms with Gasteiger partial charge in [-0.2, -0.15) is 0 Å². The van der Waals surface area contributed by atoms with E-state index in [1.165, 1.54) is 217 Å². The highest BCUT2D eigenvalue weighted by Gasteiger charge is 2.21. The number of aromatic nitrogens is 4. The third kappa shape index (κ3) is 14.8. The molecule has 23 rings (SSSR count). The van der Waals surface area contributed by atoms with E-state index in [-0.39, 0.29) is 0 Å². The molecule has 0 fully saturated rings. The van der Waals surface area contributed by atoms with Gasteiger partial charge < -0.3 is 18.3 Å². The quantitative estimate of drug-likeness (QED) is 0.123. The molecule has 1 aliphatic rings. The molecule has 22 aromatic rings. The molecule has 4 heteroatoms. The van der Waals surface area contributed by atoms with E-state index in [9.17, 15) is 0 Å². The Hall–Kier alpha value is -15.4. The first-order chi connectivity index (χ1) is 60.2. The van der Waals surface area contributed by atoms with Crippen molar-refractivity contribution in [1.82, 2.24) is 18.3 Å². The van der Waals surface area contributed by atoms with Gasteiger partial charge in [0.05, 0.1) is 44.1 Å². The van der Waals surface area contributed by atoms with Crippen molar-refractivity contribution < 1.29 is 0 Å². The van der Waals surface area contributed by atoms with Crippen molar-refractivity contribution in [3.8, 4) is 89.5 Å². The molecule has 4 heterocycles. The molecule has 0 N–H and O–H groups in total. The Kier molecular flexibility index (Phi) is 20.5. The Bertz CT molecular complexity index is 7510. The Morgan fingerprint density at radius 2 is 0.467 bits per heavy atom. The first-order valence-electron chi connectivity index (χ1n) is 42.4. The minimum atomic E-state index is 1.14. The third-order valence-corrected chi connectivity index (χ3v) is 24.2. The van der Waals surface area contributed by atoms with Crippen molar-refractivity contribution >= 4 is 92.8 Å². The molecule has 0 amide bonds. The maximum Gasteiger partial charge on any atom is 0.0619 e. The van der Waals surface area contributed by atoms with Crippen LogP contribution in [0.5, 0.6) is 0 Å². The average molecular weight is 1560 g/mol. The Balaban J connectivity index is 0.000000104. The normalized spacial score (nSPS) is 12.0. The SMILES string of the molecule is CC1=CC=C(c2ccc(-n3c4ccccc4c4ccccc43)cc2)CC1.Cc1ccc(-c2ccc3c(c2)c2cc(-c4ccccc4)ccc2n3-c2ccccc2)cc1.Cc1ccc(-c2ccc3c4cc(-c5ccccc5)ccc4n(-c4ccccc4)c3c2)cc1.Cc1ccc(-c2cccc3c4cc(-c5ccccc5)ccc4n(-c4ccccc4)c23)cc1. The lowest BCUT2D eigenvalue weighted by Crippen LogP contribution is -1.95. The largest absolute Gasteiger partial charge is 0.309 e. The van der Waals surface area contributed by atoms with Crippen molar-refractivity contribution in [3.05, 3.63) is 477 Å². The van der Waals surface area contributed by atoms with Crippen LogP contribution in [0.1, 0.15) is 42.0 Å². The lowest BCUT2D eigenvalue weighted by Gasteiger charge is -2.14. The van der Waals surface area contributed by atoms with E-state index in [2.05, 4.69) is 495 Å². The van der Waals surface area contributed by atoms with Gasteiger partial charge in [0.25, 0.3) is 0 Å². The summed E-state index contributed by atoms with van der Waals surface area (Å²) in [5.41, 5.74) is 37.7. The van der Waals surface area contributed by atoms with E-state index in [1.54, 1.807) is 0 Å². The molecule has 0 unspecified atom stereocenters. The van der Waals surface area contributed by atoms with Crippen LogP contribution in [0, 0.1) is 20.8 Å². The molecule has 0 aliphatic heterocycles. The first kappa shape index (κ1) is 75.4. The van der Waals surface area contributed by atoms with Crippen LogP contribution in [-0.4, -0.2) is 18.3 Å². The molecule has 0 saturated heterocycles. The molecule has 18 aromatic carbocycles. The van der Waals surface area contributed by atoms with Crippen molar-refractivity contribution in [2.24, 2.45) is 0 Å². The Morgan fingerprint density at radius 3 is 0.893 bits per heavy atom. The highest BCUT2D eigenvalue weighted by atomic mass is 15.0. The summed E-state index contributed by atoms with van der Waals surface area (Å²) >= 11 is 0. The standard InChI is InChI=1S/3C31H23N.C25H21N/c1-22-15-17-24(18-16-22)27-13-8-14-28-29-21-25(23-9-4-2-5-10-23)19-20-30(29)32(31(27)28)26-11-6-3-7-12-26;1-22-12-14-24(15-13-22)26-16-18-28-29-20-25(23-8-4-2-5-9-23)17-19-30(29)32(31(28)21-26)27-10-6-3-7-11-27;1-22-12-14-24(15-13-22)26-17-19-31-29(21-26)28-20-25(23-8-4-2-5-9-23)16-18-30(28)32(31)27-10-6-3-7-11-27;1-18-10-12-19(13-11-18)20-14-16-21(17-15-20)26-24-8-4-2-6-22(24)23-7-3-5-9-25(23)26/h3*2-21H,1H3;2-10,12,14-17H,11,13H2,1H3. The predicted molar refractivity (Wildman–Crippen MR) is 521 cm³/mol. The van der Waals surface area contributed by atoms with Crippen LogP contribution in [-0.2, 0) is 0 Å². The second-order valence-corrected chi connectivity index (χ2v) is 32.2. The number of rotatable bonds is 11. The van der Waals surface area contributed by atoms with Crippen molar-refractivity contribution in [1.29, 1.82) is 0 Å². The third-order valence-electron chi connectivity index (χ3n) is 24.2. The molecule has 0 saturated carbocycles. The summed E-state index contributed by atoms with van der Waals surface area (Å²) in [6.45, 7) is 8.60. The molecule has 0 atom stereocenters. The van der Waals surface area contributed by atoms with Crippen LogP contribution < -0.4 is 0 Å². The zero-order valence-corrected chi connectivity index (χ0v) is 68.9. The van der Waals surface area contributed by atoms with Crippen LogP contribution >= 0.6 is 0 Å². The minimum Gasteiger partial charge on any atom is -0.309 e. The fraction of sp³-hybridized carbons (Fsp3) is 0.0508. The molecule has 0 spiro atoms. The van der Waals surface area contributed by atoms with E-state index in [0.717, 1.165) is 6.42 Å². The van der Waals surface area contributed by atoms with Gasteiger partial charge in [-0.15, -0.1) is 0 Å². The van der Waals surface area contributed by atoms with Crippen LogP contribution in [0.25, 0.3) is 182 Å². The number of hydrogen-bond donors (Lipinski definition) is 0. The van der Waals surface area contributed by atoms with E-state index in [4.69, 9.17) is 0 Å². The molecule has 0 bridgehead atoms. The molecule has 0 radical (unpaired) electrons. The van der Waals surface area contributed by atoms with Crippen molar-refractivity contribution in [2.45, 2.75) is 40.5 Å². The minimum absolute atomic E-state index is 1.14. The molecule has 582 valence electrons. The monoisotopic (exact) mass is 1560 g/mol. The van der Waals surface area contributed by atoms with Crippen LogP contribution in [0.4, 0.5) is 0 Å². The van der Waals surface area contributed by atoms with Gasteiger partial charge in [-0.1, -0.05) is 356 Å².